The van der Waals surface area contributed by atoms with Crippen molar-refractivity contribution in [3.8, 4) is 0 Å². The van der Waals surface area contributed by atoms with Gasteiger partial charge in [-0.3, -0.25) is 0 Å². The van der Waals surface area contributed by atoms with Gasteiger partial charge in [0.2, 0.25) is 0 Å². The van der Waals surface area contributed by atoms with E-state index in [4.69, 9.17) is 42.6 Å². The number of ether oxygens (including phenoxy) is 9. The lowest BCUT2D eigenvalue weighted by molar-refractivity contribution is -0.352. The van der Waals surface area contributed by atoms with Gasteiger partial charge < -0.3 is 42.6 Å². The lowest BCUT2D eigenvalue weighted by Gasteiger charge is -2.48. The summed E-state index contributed by atoms with van der Waals surface area (Å²) >= 11 is 0. The van der Waals surface area contributed by atoms with Crippen LogP contribution in [0.5, 0.6) is 0 Å². The van der Waals surface area contributed by atoms with Gasteiger partial charge >= 0.3 is 0 Å². The zero-order chi connectivity index (χ0) is 40.1. The molecule has 8 rings (SSSR count). The fraction of sp³-hybridized carbons (Fsp3) is 0.362. The molecule has 1 unspecified atom stereocenters. The van der Waals surface area contributed by atoms with Crippen molar-refractivity contribution in [2.75, 3.05) is 13.2 Å². The van der Waals surface area contributed by atoms with Crippen molar-refractivity contribution in [3.05, 3.63) is 190 Å². The molecule has 0 amide bonds. The topological polar surface area (TPSA) is 132 Å². The summed E-state index contributed by atoms with van der Waals surface area (Å²) in [7, 11) is 0. The SMILES string of the molecule is [N-]=[N+]=N[C@H]1[C@@H]2OC[C@@H](O2)[C@@H](OC2O[C@H](COCc3ccccc3)[C@@H](OCc3ccccc3)[C@H](OCc3ccccc3)[C@@H]2OCc2ccccc2)[C@@H]1OCc1ccccc1. The lowest BCUT2D eigenvalue weighted by Crippen LogP contribution is -2.64. The highest BCUT2D eigenvalue weighted by Gasteiger charge is 2.56. The molecule has 5 aromatic carbocycles. The van der Waals surface area contributed by atoms with Crippen molar-refractivity contribution in [1.82, 2.24) is 0 Å². The van der Waals surface area contributed by atoms with Crippen molar-refractivity contribution in [2.24, 2.45) is 5.11 Å². The van der Waals surface area contributed by atoms with Crippen LogP contribution in [-0.2, 0) is 75.7 Å². The van der Waals surface area contributed by atoms with Gasteiger partial charge in [-0.15, -0.1) is 0 Å². The maximum Gasteiger partial charge on any atom is 0.187 e. The fourth-order valence-electron chi connectivity index (χ4n) is 7.67. The lowest BCUT2D eigenvalue weighted by atomic mass is 9.96. The summed E-state index contributed by atoms with van der Waals surface area (Å²) < 4.78 is 59.9. The van der Waals surface area contributed by atoms with Gasteiger partial charge in [0, 0.05) is 4.91 Å². The van der Waals surface area contributed by atoms with Crippen molar-refractivity contribution in [2.45, 2.75) is 94.4 Å². The van der Waals surface area contributed by atoms with Gasteiger partial charge in [-0.2, -0.15) is 0 Å². The maximum absolute atomic E-state index is 9.69. The van der Waals surface area contributed by atoms with Crippen LogP contribution in [0.1, 0.15) is 27.8 Å². The summed E-state index contributed by atoms with van der Waals surface area (Å²) in [5.41, 5.74) is 14.6. The number of hydrogen-bond acceptors (Lipinski definition) is 10. The summed E-state index contributed by atoms with van der Waals surface area (Å²) in [6.45, 7) is 1.80. The van der Waals surface area contributed by atoms with Crippen LogP contribution in [0.4, 0.5) is 0 Å². The number of nitrogens with zero attached hydrogens (tertiary/aromatic N) is 3. The van der Waals surface area contributed by atoms with Gasteiger partial charge in [0.25, 0.3) is 0 Å². The van der Waals surface area contributed by atoms with E-state index in [9.17, 15) is 5.53 Å². The quantitative estimate of drug-likeness (QED) is 0.0462. The first-order valence-corrected chi connectivity index (χ1v) is 20.1. The van der Waals surface area contributed by atoms with Crippen LogP contribution >= 0.6 is 0 Å². The number of azide groups is 1. The highest BCUT2D eigenvalue weighted by molar-refractivity contribution is 5.17. The Bertz CT molecular complexity index is 2030. The molecule has 3 fully saturated rings. The summed E-state index contributed by atoms with van der Waals surface area (Å²) in [4.78, 5) is 3.15. The molecule has 306 valence electrons. The Balaban J connectivity index is 1.14. The molecular weight excluding hydrogens is 751 g/mol. The molecule has 3 saturated heterocycles. The molecule has 10 atom stereocenters. The minimum absolute atomic E-state index is 0.163. The molecule has 3 heterocycles. The van der Waals surface area contributed by atoms with Gasteiger partial charge in [0.1, 0.15) is 48.8 Å². The maximum atomic E-state index is 9.69. The number of rotatable bonds is 19. The summed E-state index contributed by atoms with van der Waals surface area (Å²) in [6, 6.07) is 48.8. The van der Waals surface area contributed by atoms with Crippen LogP contribution in [0.15, 0.2) is 157 Å². The highest BCUT2D eigenvalue weighted by Crippen LogP contribution is 2.38. The second-order valence-electron chi connectivity index (χ2n) is 14.8. The first-order valence-electron chi connectivity index (χ1n) is 20.1. The second kappa shape index (κ2) is 20.8. The van der Waals surface area contributed by atoms with E-state index >= 15 is 0 Å². The van der Waals surface area contributed by atoms with Crippen molar-refractivity contribution in [3.63, 3.8) is 0 Å². The Labute approximate surface area is 344 Å². The van der Waals surface area contributed by atoms with E-state index in [2.05, 4.69) is 10.0 Å². The summed E-state index contributed by atoms with van der Waals surface area (Å²) in [5, 5.41) is 4.11. The third-order valence-electron chi connectivity index (χ3n) is 10.6. The van der Waals surface area contributed by atoms with Gasteiger partial charge in [-0.25, -0.2) is 0 Å². The molecule has 5 aromatic rings. The fourth-order valence-corrected chi connectivity index (χ4v) is 7.67. The van der Waals surface area contributed by atoms with E-state index in [1.807, 2.05) is 152 Å². The minimum Gasteiger partial charge on any atom is -0.374 e. The Morgan fingerprint density at radius 1 is 0.508 bits per heavy atom. The molecule has 12 heteroatoms. The predicted molar refractivity (Wildman–Crippen MR) is 217 cm³/mol. The zero-order valence-electron chi connectivity index (χ0n) is 32.7. The minimum atomic E-state index is -1.04. The van der Waals surface area contributed by atoms with Crippen molar-refractivity contribution >= 4 is 0 Å². The third kappa shape index (κ3) is 10.8. The molecule has 12 nitrogen and oxygen atoms in total. The molecule has 0 aliphatic carbocycles. The third-order valence-corrected chi connectivity index (χ3v) is 10.6. The smallest absolute Gasteiger partial charge is 0.187 e. The van der Waals surface area contributed by atoms with Crippen molar-refractivity contribution < 1.29 is 42.6 Å². The predicted octanol–water partition coefficient (Wildman–Crippen LogP) is 8.09. The molecule has 2 bridgehead atoms. The molecular formula is C47H49N3O9. The average molecular weight is 800 g/mol. The zero-order valence-corrected chi connectivity index (χ0v) is 32.7. The molecule has 0 aromatic heterocycles. The van der Waals surface area contributed by atoms with Crippen LogP contribution in [0, 0.1) is 0 Å². The van der Waals surface area contributed by atoms with Crippen LogP contribution < -0.4 is 0 Å². The van der Waals surface area contributed by atoms with E-state index in [1.165, 1.54) is 0 Å². The average Bonchev–Trinajstić information content (AvgIpc) is 3.73. The van der Waals surface area contributed by atoms with Crippen LogP contribution in [-0.4, -0.2) is 74.6 Å². The molecule has 59 heavy (non-hydrogen) atoms. The highest BCUT2D eigenvalue weighted by atomic mass is 16.8. The number of hydrogen-bond donors (Lipinski definition) is 0. The Morgan fingerprint density at radius 2 is 0.949 bits per heavy atom. The molecule has 0 saturated carbocycles. The molecule has 0 N–H and O–H groups in total. The van der Waals surface area contributed by atoms with Crippen LogP contribution in [0.2, 0.25) is 0 Å². The first-order chi connectivity index (χ1) is 29.2. The van der Waals surface area contributed by atoms with E-state index in [0.29, 0.717) is 13.2 Å². The summed E-state index contributed by atoms with van der Waals surface area (Å²) in [6.07, 6.45) is -6.77. The standard InChI is InChI=1S/C47H49N3O9/c48-50-49-40-43(53-28-35-20-10-3-11-21-35)42(39-32-56-46(40)57-39)59-47-45(55-30-37-24-14-5-15-25-37)44(54-29-36-22-12-4-13-23-36)41(52-27-34-18-8-2-9-19-34)38(58-47)31-51-26-33-16-6-1-7-17-33/h1-25,38-47H,26-32H2/t38-,39-,40-,41-,42-,43-,44+,45+,46-,47?/m1/s1. The van der Waals surface area contributed by atoms with E-state index < -0.39 is 61.3 Å². The Kier molecular flexibility index (Phi) is 14.4. The van der Waals surface area contributed by atoms with E-state index in [1.54, 1.807) is 0 Å². The molecule has 3 aliphatic rings. The largest absolute Gasteiger partial charge is 0.374 e. The Morgan fingerprint density at radius 3 is 1.44 bits per heavy atom. The van der Waals surface area contributed by atoms with E-state index in [0.717, 1.165) is 27.8 Å². The van der Waals surface area contributed by atoms with Gasteiger partial charge in [0.05, 0.1) is 46.2 Å². The van der Waals surface area contributed by atoms with Gasteiger partial charge in [-0.05, 0) is 33.3 Å². The molecule has 0 spiro atoms. The normalized spacial score (nSPS) is 27.5. The van der Waals surface area contributed by atoms with Gasteiger partial charge in [0.15, 0.2) is 12.6 Å². The van der Waals surface area contributed by atoms with Crippen LogP contribution in [0.3, 0.4) is 0 Å². The molecule has 0 radical (unpaired) electrons. The number of benzene rings is 5. The summed E-state index contributed by atoms with van der Waals surface area (Å²) in [5.74, 6) is 0. The van der Waals surface area contributed by atoms with Crippen LogP contribution in [0.25, 0.3) is 10.4 Å². The van der Waals surface area contributed by atoms with E-state index in [-0.39, 0.29) is 33.0 Å². The number of fused-ring (bicyclic) bond motifs is 2. The Hall–Kier alpha value is -4.95. The van der Waals surface area contributed by atoms with Gasteiger partial charge in [-0.1, -0.05) is 157 Å². The molecule has 3 aliphatic heterocycles. The monoisotopic (exact) mass is 799 g/mol. The second-order valence-corrected chi connectivity index (χ2v) is 14.8. The first kappa shape index (κ1) is 40.8. The van der Waals surface area contributed by atoms with Crippen molar-refractivity contribution in [1.29, 1.82) is 0 Å².